The van der Waals surface area contributed by atoms with E-state index in [9.17, 15) is 8.42 Å². The summed E-state index contributed by atoms with van der Waals surface area (Å²) < 4.78 is 26.6. The number of aromatic amines is 1. The molecule has 1 aromatic carbocycles. The van der Waals surface area contributed by atoms with Gasteiger partial charge in [-0.2, -0.15) is 9.40 Å². The maximum absolute atomic E-state index is 12.6. The summed E-state index contributed by atoms with van der Waals surface area (Å²) in [4.78, 5) is 0. The Kier molecular flexibility index (Phi) is 4.53. The van der Waals surface area contributed by atoms with Gasteiger partial charge < -0.3 is 5.73 Å². The normalized spacial score (nSPS) is 11.9. The molecule has 108 valence electrons. The maximum Gasteiger partial charge on any atom is 0.260 e. The van der Waals surface area contributed by atoms with Gasteiger partial charge in [-0.25, -0.2) is 8.42 Å². The van der Waals surface area contributed by atoms with Crippen LogP contribution in [-0.2, 0) is 23.1 Å². The van der Waals surface area contributed by atoms with Gasteiger partial charge >= 0.3 is 0 Å². The van der Waals surface area contributed by atoms with Crippen molar-refractivity contribution in [3.8, 4) is 0 Å². The number of H-pyrrole nitrogens is 1. The van der Waals surface area contributed by atoms with Gasteiger partial charge in [0.15, 0.2) is 5.03 Å². The second-order valence-corrected chi connectivity index (χ2v) is 6.22. The van der Waals surface area contributed by atoms with Crippen molar-refractivity contribution in [3.05, 3.63) is 47.7 Å². The summed E-state index contributed by atoms with van der Waals surface area (Å²) in [7, 11) is -3.61. The Balaban J connectivity index is 2.31. The van der Waals surface area contributed by atoms with Crippen LogP contribution in [0.5, 0.6) is 0 Å². The Morgan fingerprint density at radius 1 is 1.30 bits per heavy atom. The molecule has 0 unspecified atom stereocenters. The molecule has 0 aliphatic carbocycles. The average molecular weight is 294 g/mol. The van der Waals surface area contributed by atoms with E-state index in [0.29, 0.717) is 18.7 Å². The number of nitrogens with zero attached hydrogens (tertiary/aromatic N) is 2. The number of rotatable bonds is 6. The molecule has 0 atom stereocenters. The molecule has 2 aromatic rings. The van der Waals surface area contributed by atoms with E-state index in [1.807, 2.05) is 30.3 Å². The molecule has 0 aliphatic heterocycles. The van der Waals surface area contributed by atoms with E-state index in [1.165, 1.54) is 10.5 Å². The van der Waals surface area contributed by atoms with E-state index >= 15 is 0 Å². The van der Waals surface area contributed by atoms with E-state index in [4.69, 9.17) is 5.73 Å². The van der Waals surface area contributed by atoms with Crippen LogP contribution in [0, 0.1) is 0 Å². The van der Waals surface area contributed by atoms with Crippen LogP contribution in [-0.4, -0.2) is 29.5 Å². The molecule has 0 saturated heterocycles. The van der Waals surface area contributed by atoms with Gasteiger partial charge in [-0.3, -0.25) is 5.10 Å². The van der Waals surface area contributed by atoms with E-state index in [2.05, 4.69) is 10.2 Å². The van der Waals surface area contributed by atoms with Crippen molar-refractivity contribution in [2.45, 2.75) is 25.0 Å². The van der Waals surface area contributed by atoms with Crippen molar-refractivity contribution in [2.75, 3.05) is 6.54 Å². The van der Waals surface area contributed by atoms with Crippen LogP contribution in [0.15, 0.2) is 41.6 Å². The number of aromatic nitrogens is 2. The SMILES string of the molecule is CCN(Cc1ccccc1)S(=O)(=O)c1[nH]ncc1CN. The Morgan fingerprint density at radius 2 is 2.00 bits per heavy atom. The van der Waals surface area contributed by atoms with Crippen LogP contribution >= 0.6 is 0 Å². The first-order valence-electron chi connectivity index (χ1n) is 6.36. The first-order valence-corrected chi connectivity index (χ1v) is 7.80. The Labute approximate surface area is 118 Å². The predicted molar refractivity (Wildman–Crippen MR) is 76.2 cm³/mol. The topological polar surface area (TPSA) is 92.1 Å². The third-order valence-corrected chi connectivity index (χ3v) is 4.99. The van der Waals surface area contributed by atoms with Crippen LogP contribution in [0.1, 0.15) is 18.1 Å². The van der Waals surface area contributed by atoms with Crippen molar-refractivity contribution in [1.82, 2.24) is 14.5 Å². The zero-order chi connectivity index (χ0) is 14.6. The summed E-state index contributed by atoms with van der Waals surface area (Å²) >= 11 is 0. The second-order valence-electron chi connectivity index (χ2n) is 4.35. The third-order valence-electron chi connectivity index (χ3n) is 3.05. The van der Waals surface area contributed by atoms with E-state index < -0.39 is 10.0 Å². The standard InChI is InChI=1S/C13H18N4O2S/c1-2-17(10-11-6-4-3-5-7-11)20(18,19)13-12(8-14)9-15-16-13/h3-7,9H,2,8,10,14H2,1H3,(H,15,16). The number of hydrogen-bond acceptors (Lipinski definition) is 4. The van der Waals surface area contributed by atoms with Crippen LogP contribution in [0.25, 0.3) is 0 Å². The molecule has 7 heteroatoms. The number of nitrogens with two attached hydrogens (primary N) is 1. The molecule has 0 radical (unpaired) electrons. The van der Waals surface area contributed by atoms with Crippen LogP contribution in [0.2, 0.25) is 0 Å². The lowest BCUT2D eigenvalue weighted by Gasteiger charge is -2.20. The molecule has 3 N–H and O–H groups in total. The molecule has 0 aliphatic rings. The molecule has 1 aromatic heterocycles. The highest BCUT2D eigenvalue weighted by molar-refractivity contribution is 7.89. The van der Waals surface area contributed by atoms with Gasteiger partial charge in [0.25, 0.3) is 10.0 Å². The molecule has 0 fully saturated rings. The fraction of sp³-hybridized carbons (Fsp3) is 0.308. The molecule has 0 spiro atoms. The van der Waals surface area contributed by atoms with Crippen molar-refractivity contribution in [3.63, 3.8) is 0 Å². The number of nitrogens with one attached hydrogen (secondary N) is 1. The molecule has 6 nitrogen and oxygen atoms in total. The van der Waals surface area contributed by atoms with Gasteiger partial charge in [0, 0.05) is 25.2 Å². The molecule has 0 saturated carbocycles. The summed E-state index contributed by atoms with van der Waals surface area (Å²) in [5.74, 6) is 0. The molecule has 0 amide bonds. The summed E-state index contributed by atoms with van der Waals surface area (Å²) in [6, 6.07) is 9.47. The second kappa shape index (κ2) is 6.17. The van der Waals surface area contributed by atoms with Crippen LogP contribution in [0.3, 0.4) is 0 Å². The van der Waals surface area contributed by atoms with Gasteiger partial charge in [-0.05, 0) is 5.56 Å². The Bertz CT molecular complexity index is 652. The monoisotopic (exact) mass is 294 g/mol. The Hall–Kier alpha value is -1.70. The molecule has 1 heterocycles. The molecule has 0 bridgehead atoms. The number of benzene rings is 1. The van der Waals surface area contributed by atoms with Gasteiger partial charge in [-0.15, -0.1) is 0 Å². The lowest BCUT2D eigenvalue weighted by molar-refractivity contribution is 0.420. The highest BCUT2D eigenvalue weighted by Gasteiger charge is 2.27. The minimum Gasteiger partial charge on any atom is -0.326 e. The van der Waals surface area contributed by atoms with Crippen molar-refractivity contribution in [2.24, 2.45) is 5.73 Å². The molecular formula is C13H18N4O2S. The quantitative estimate of drug-likeness (QED) is 0.834. The lowest BCUT2D eigenvalue weighted by atomic mass is 10.2. The first-order chi connectivity index (χ1) is 9.59. The smallest absolute Gasteiger partial charge is 0.260 e. The predicted octanol–water partition coefficient (Wildman–Crippen LogP) is 1.08. The lowest BCUT2D eigenvalue weighted by Crippen LogP contribution is -2.31. The summed E-state index contributed by atoms with van der Waals surface area (Å²) in [5.41, 5.74) is 6.98. The van der Waals surface area contributed by atoms with E-state index in [-0.39, 0.29) is 11.6 Å². The van der Waals surface area contributed by atoms with Gasteiger partial charge in [0.2, 0.25) is 0 Å². The van der Waals surface area contributed by atoms with Crippen molar-refractivity contribution in [1.29, 1.82) is 0 Å². The minimum absolute atomic E-state index is 0.0813. The number of sulfonamides is 1. The molecule has 2 rings (SSSR count). The molecular weight excluding hydrogens is 276 g/mol. The van der Waals surface area contributed by atoms with E-state index in [1.54, 1.807) is 6.92 Å². The highest BCUT2D eigenvalue weighted by atomic mass is 32.2. The molecule has 20 heavy (non-hydrogen) atoms. The van der Waals surface area contributed by atoms with Crippen molar-refractivity contribution < 1.29 is 8.42 Å². The van der Waals surface area contributed by atoms with Gasteiger partial charge in [-0.1, -0.05) is 37.3 Å². The Morgan fingerprint density at radius 3 is 2.60 bits per heavy atom. The minimum atomic E-state index is -3.61. The average Bonchev–Trinajstić information content (AvgIpc) is 2.95. The van der Waals surface area contributed by atoms with Gasteiger partial charge in [0.1, 0.15) is 0 Å². The largest absolute Gasteiger partial charge is 0.326 e. The summed E-state index contributed by atoms with van der Waals surface area (Å²) in [6.45, 7) is 2.63. The zero-order valence-electron chi connectivity index (χ0n) is 11.3. The van der Waals surface area contributed by atoms with Crippen molar-refractivity contribution >= 4 is 10.0 Å². The highest BCUT2D eigenvalue weighted by Crippen LogP contribution is 2.19. The van der Waals surface area contributed by atoms with Crippen LogP contribution < -0.4 is 5.73 Å². The first kappa shape index (κ1) is 14.7. The summed E-state index contributed by atoms with van der Waals surface area (Å²) in [5, 5.41) is 6.39. The fourth-order valence-corrected chi connectivity index (χ4v) is 3.50. The van der Waals surface area contributed by atoms with Gasteiger partial charge in [0.05, 0.1) is 6.20 Å². The summed E-state index contributed by atoms with van der Waals surface area (Å²) in [6.07, 6.45) is 1.45. The zero-order valence-corrected chi connectivity index (χ0v) is 12.1. The maximum atomic E-state index is 12.6. The number of hydrogen-bond donors (Lipinski definition) is 2. The van der Waals surface area contributed by atoms with Crippen LogP contribution in [0.4, 0.5) is 0 Å². The fourth-order valence-electron chi connectivity index (χ4n) is 1.95. The van der Waals surface area contributed by atoms with E-state index in [0.717, 1.165) is 5.56 Å². The third kappa shape index (κ3) is 2.90.